The van der Waals surface area contributed by atoms with E-state index >= 15 is 0 Å². The van der Waals surface area contributed by atoms with Gasteiger partial charge in [-0.2, -0.15) is 0 Å². The van der Waals surface area contributed by atoms with Crippen molar-refractivity contribution in [1.82, 2.24) is 9.88 Å². The first-order valence-electron chi connectivity index (χ1n) is 17.4. The highest BCUT2D eigenvalue weighted by molar-refractivity contribution is 5.69. The SMILES string of the molecule is CCCCCCCCC(CC)OC(=O)CCCCCCCN(CCCCCCCC=O)CCCNc1[nH]ccc1[N+](=O)[O-]. The smallest absolute Gasteiger partial charge is 0.310 e. The predicted molar refractivity (Wildman–Crippen MR) is 177 cm³/mol. The molecule has 0 saturated carbocycles. The number of aromatic amines is 1. The van der Waals surface area contributed by atoms with Crippen molar-refractivity contribution in [2.24, 2.45) is 0 Å². The van der Waals surface area contributed by atoms with Crippen molar-refractivity contribution in [3.05, 3.63) is 22.4 Å². The molecule has 1 heterocycles. The Kier molecular flexibility index (Phi) is 24.4. The van der Waals surface area contributed by atoms with Crippen molar-refractivity contribution in [3.8, 4) is 0 Å². The van der Waals surface area contributed by atoms with E-state index in [9.17, 15) is 19.7 Å². The molecule has 9 nitrogen and oxygen atoms in total. The summed E-state index contributed by atoms with van der Waals surface area (Å²) in [5.74, 6) is 0.437. The van der Waals surface area contributed by atoms with Crippen LogP contribution in [-0.2, 0) is 14.3 Å². The summed E-state index contributed by atoms with van der Waals surface area (Å²) < 4.78 is 5.75. The minimum atomic E-state index is -0.373. The molecule has 1 rings (SSSR count). The molecule has 0 radical (unpaired) electrons. The first-order valence-corrected chi connectivity index (χ1v) is 17.4. The minimum absolute atomic E-state index is 0.0338. The summed E-state index contributed by atoms with van der Waals surface area (Å²) in [6.07, 6.45) is 25.2. The third kappa shape index (κ3) is 21.0. The van der Waals surface area contributed by atoms with Crippen LogP contribution in [-0.4, -0.2) is 59.3 Å². The number of H-pyrrole nitrogens is 1. The number of carbonyl (C=O) groups is 2. The van der Waals surface area contributed by atoms with Crippen molar-refractivity contribution >= 4 is 23.8 Å². The molecule has 0 spiro atoms. The number of hydrogen-bond acceptors (Lipinski definition) is 7. The van der Waals surface area contributed by atoms with Gasteiger partial charge < -0.3 is 24.7 Å². The van der Waals surface area contributed by atoms with Gasteiger partial charge in [0, 0.05) is 31.6 Å². The van der Waals surface area contributed by atoms with Gasteiger partial charge in [0.25, 0.3) is 0 Å². The molecule has 2 N–H and O–H groups in total. The van der Waals surface area contributed by atoms with E-state index in [0.29, 0.717) is 25.2 Å². The number of aromatic nitrogens is 1. The van der Waals surface area contributed by atoms with E-state index in [2.05, 4.69) is 29.0 Å². The van der Waals surface area contributed by atoms with Crippen LogP contribution in [0.15, 0.2) is 12.3 Å². The van der Waals surface area contributed by atoms with Crippen LogP contribution in [0.25, 0.3) is 0 Å². The second kappa shape index (κ2) is 27.2. The Hall–Kier alpha value is -2.42. The zero-order valence-electron chi connectivity index (χ0n) is 27.4. The van der Waals surface area contributed by atoms with Crippen LogP contribution in [0, 0.1) is 10.1 Å². The van der Waals surface area contributed by atoms with Crippen molar-refractivity contribution in [2.75, 3.05) is 31.5 Å². The third-order valence-electron chi connectivity index (χ3n) is 8.16. The average Bonchev–Trinajstić information content (AvgIpc) is 3.48. The van der Waals surface area contributed by atoms with Crippen LogP contribution < -0.4 is 5.32 Å². The van der Waals surface area contributed by atoms with Crippen LogP contribution in [0.1, 0.15) is 149 Å². The van der Waals surface area contributed by atoms with Crippen LogP contribution in [0.3, 0.4) is 0 Å². The number of hydrogen-bond donors (Lipinski definition) is 2. The van der Waals surface area contributed by atoms with Gasteiger partial charge in [0.1, 0.15) is 12.4 Å². The molecule has 1 aromatic heterocycles. The Morgan fingerprint density at radius 2 is 1.51 bits per heavy atom. The van der Waals surface area contributed by atoms with Crippen molar-refractivity contribution in [1.29, 1.82) is 0 Å². The zero-order chi connectivity index (χ0) is 31.4. The number of rotatable bonds is 31. The zero-order valence-corrected chi connectivity index (χ0v) is 27.4. The number of nitrogens with one attached hydrogen (secondary N) is 2. The molecule has 9 heteroatoms. The first-order chi connectivity index (χ1) is 21.0. The van der Waals surface area contributed by atoms with Gasteiger partial charge >= 0.3 is 11.7 Å². The van der Waals surface area contributed by atoms with E-state index in [4.69, 9.17) is 4.74 Å². The van der Waals surface area contributed by atoms with Crippen molar-refractivity contribution in [3.63, 3.8) is 0 Å². The lowest BCUT2D eigenvalue weighted by atomic mass is 10.1. The van der Waals surface area contributed by atoms with Crippen LogP contribution in [0.5, 0.6) is 0 Å². The predicted octanol–water partition coefficient (Wildman–Crippen LogP) is 8.98. The molecular formula is C34H62N4O5. The van der Waals surface area contributed by atoms with E-state index in [1.807, 2.05) is 0 Å². The number of nitro groups is 1. The Morgan fingerprint density at radius 3 is 2.16 bits per heavy atom. The lowest BCUT2D eigenvalue weighted by molar-refractivity contribution is -0.383. The molecule has 0 bridgehead atoms. The molecule has 1 atom stereocenters. The van der Waals surface area contributed by atoms with Gasteiger partial charge in [0.2, 0.25) is 0 Å². The third-order valence-corrected chi connectivity index (χ3v) is 8.16. The summed E-state index contributed by atoms with van der Waals surface area (Å²) >= 11 is 0. The van der Waals surface area contributed by atoms with Gasteiger partial charge in [-0.15, -0.1) is 0 Å². The fourth-order valence-corrected chi connectivity index (χ4v) is 5.48. The second-order valence-corrected chi connectivity index (χ2v) is 11.9. The van der Waals surface area contributed by atoms with Crippen LogP contribution >= 0.6 is 0 Å². The molecule has 0 aromatic carbocycles. The standard InChI is InChI=1S/C34H62N4O5/c1-3-5-6-7-11-16-22-31(4-2)43-33(40)23-17-12-10-14-19-28-37(27-18-13-8-9-15-20-30-39)29-21-25-35-34-32(38(41)42)24-26-36-34/h24,26,30-31,35-36H,3-23,25,27-29H2,1-2H3. The topological polar surface area (TPSA) is 118 Å². The second-order valence-electron chi connectivity index (χ2n) is 11.9. The van der Waals surface area contributed by atoms with E-state index in [1.54, 1.807) is 6.20 Å². The molecule has 0 aliphatic heterocycles. The van der Waals surface area contributed by atoms with Gasteiger partial charge in [-0.3, -0.25) is 14.9 Å². The summed E-state index contributed by atoms with van der Waals surface area (Å²) in [6, 6.07) is 1.48. The molecule has 0 amide bonds. The number of esters is 1. The number of nitrogens with zero attached hydrogens (tertiary/aromatic N) is 2. The Balaban J connectivity index is 2.24. The lowest BCUT2D eigenvalue weighted by Gasteiger charge is -2.22. The highest BCUT2D eigenvalue weighted by atomic mass is 16.6. The highest BCUT2D eigenvalue weighted by Crippen LogP contribution is 2.21. The average molecular weight is 607 g/mol. The molecular weight excluding hydrogens is 544 g/mol. The minimum Gasteiger partial charge on any atom is -0.462 e. The monoisotopic (exact) mass is 606 g/mol. The molecule has 0 aliphatic rings. The molecule has 0 aliphatic carbocycles. The number of unbranched alkanes of at least 4 members (excludes halogenated alkanes) is 14. The number of ether oxygens (including phenoxy) is 1. The Bertz CT molecular complexity index is 831. The fourth-order valence-electron chi connectivity index (χ4n) is 5.48. The molecule has 43 heavy (non-hydrogen) atoms. The van der Waals surface area contributed by atoms with E-state index in [-0.39, 0.29) is 22.7 Å². The van der Waals surface area contributed by atoms with E-state index in [1.165, 1.54) is 51.0 Å². The van der Waals surface area contributed by atoms with Crippen molar-refractivity contribution in [2.45, 2.75) is 155 Å². The largest absolute Gasteiger partial charge is 0.462 e. The number of carbonyl (C=O) groups excluding carboxylic acids is 2. The molecule has 248 valence electrons. The maximum Gasteiger partial charge on any atom is 0.310 e. The summed E-state index contributed by atoms with van der Waals surface area (Å²) in [5.41, 5.74) is 0.0815. The number of anilines is 1. The van der Waals surface area contributed by atoms with Gasteiger partial charge in [-0.05, 0) is 71.0 Å². The van der Waals surface area contributed by atoms with Gasteiger partial charge in [-0.1, -0.05) is 84.5 Å². The van der Waals surface area contributed by atoms with Crippen LogP contribution in [0.2, 0.25) is 0 Å². The summed E-state index contributed by atoms with van der Waals surface area (Å²) in [5, 5.41) is 14.3. The number of aldehydes is 1. The summed E-state index contributed by atoms with van der Waals surface area (Å²) in [4.78, 5) is 39.0. The molecule has 0 saturated heterocycles. The van der Waals surface area contributed by atoms with Crippen LogP contribution in [0.4, 0.5) is 11.5 Å². The van der Waals surface area contributed by atoms with E-state index < -0.39 is 0 Å². The normalized spacial score (nSPS) is 12.0. The van der Waals surface area contributed by atoms with Crippen molar-refractivity contribution < 1.29 is 19.2 Å². The Labute approximate surface area is 261 Å². The summed E-state index contributed by atoms with van der Waals surface area (Å²) in [6.45, 7) is 8.08. The van der Waals surface area contributed by atoms with E-state index in [0.717, 1.165) is 103 Å². The fraction of sp³-hybridized carbons (Fsp3) is 0.824. The maximum atomic E-state index is 12.3. The Morgan fingerprint density at radius 1 is 0.907 bits per heavy atom. The van der Waals surface area contributed by atoms with Gasteiger partial charge in [0.15, 0.2) is 5.82 Å². The maximum absolute atomic E-state index is 12.3. The van der Waals surface area contributed by atoms with Gasteiger partial charge in [0.05, 0.1) is 4.92 Å². The van der Waals surface area contributed by atoms with Gasteiger partial charge in [-0.25, -0.2) is 0 Å². The molecule has 0 fully saturated rings. The lowest BCUT2D eigenvalue weighted by Crippen LogP contribution is -2.28. The first kappa shape index (κ1) is 38.6. The highest BCUT2D eigenvalue weighted by Gasteiger charge is 2.14. The molecule has 1 aromatic rings. The summed E-state index contributed by atoms with van der Waals surface area (Å²) in [7, 11) is 0. The molecule has 1 unspecified atom stereocenters. The quantitative estimate of drug-likeness (QED) is 0.0285.